The van der Waals surface area contributed by atoms with Crippen molar-refractivity contribution in [3.8, 4) is 0 Å². The molecule has 2 fully saturated rings. The number of hydrogen-bond acceptors (Lipinski definition) is 5. The van der Waals surface area contributed by atoms with Crippen molar-refractivity contribution in [1.82, 2.24) is 9.80 Å². The largest absolute Gasteiger partial charge is 0.298 e. The van der Waals surface area contributed by atoms with Gasteiger partial charge in [-0.05, 0) is 12.8 Å². The standard InChI is InChI=1S/C15H19N3O3/c19-15(12-2-1-3-14(10-12)18(20)21)11-16-6-8-17(9-7-16)13-4-5-13/h1-3,10,13H,4-9,11H2. The molecule has 0 atom stereocenters. The molecule has 1 aromatic carbocycles. The fourth-order valence-corrected chi connectivity index (χ4v) is 2.81. The minimum absolute atomic E-state index is 0.0283. The van der Waals surface area contributed by atoms with Crippen molar-refractivity contribution in [1.29, 1.82) is 0 Å². The van der Waals surface area contributed by atoms with Gasteiger partial charge < -0.3 is 0 Å². The Balaban J connectivity index is 1.56. The first-order chi connectivity index (χ1) is 10.1. The van der Waals surface area contributed by atoms with Crippen LogP contribution in [0, 0.1) is 10.1 Å². The molecule has 0 bridgehead atoms. The molecular weight excluding hydrogens is 270 g/mol. The monoisotopic (exact) mass is 289 g/mol. The number of nitro groups is 1. The van der Waals surface area contributed by atoms with Gasteiger partial charge in [-0.3, -0.25) is 24.7 Å². The number of carbonyl (C=O) groups excluding carboxylic acids is 1. The Morgan fingerprint density at radius 2 is 1.95 bits per heavy atom. The topological polar surface area (TPSA) is 66.7 Å². The number of piperazine rings is 1. The average Bonchev–Trinajstić information content (AvgIpc) is 3.33. The molecule has 0 radical (unpaired) electrons. The highest BCUT2D eigenvalue weighted by Crippen LogP contribution is 2.27. The molecule has 1 aromatic rings. The Morgan fingerprint density at radius 1 is 1.24 bits per heavy atom. The van der Waals surface area contributed by atoms with Crippen molar-refractivity contribution in [3.63, 3.8) is 0 Å². The van der Waals surface area contributed by atoms with Gasteiger partial charge in [0.2, 0.25) is 0 Å². The molecule has 112 valence electrons. The van der Waals surface area contributed by atoms with E-state index in [1.54, 1.807) is 12.1 Å². The minimum atomic E-state index is -0.467. The fraction of sp³-hybridized carbons (Fsp3) is 0.533. The van der Waals surface area contributed by atoms with Gasteiger partial charge in [0.05, 0.1) is 11.5 Å². The molecule has 0 spiro atoms. The summed E-state index contributed by atoms with van der Waals surface area (Å²) in [5.74, 6) is -0.0430. The third-order valence-electron chi connectivity index (χ3n) is 4.22. The summed E-state index contributed by atoms with van der Waals surface area (Å²) in [6.45, 7) is 4.19. The summed E-state index contributed by atoms with van der Waals surface area (Å²) in [4.78, 5) is 27.2. The van der Waals surface area contributed by atoms with Gasteiger partial charge in [-0.2, -0.15) is 0 Å². The van der Waals surface area contributed by atoms with Crippen molar-refractivity contribution in [3.05, 3.63) is 39.9 Å². The van der Waals surface area contributed by atoms with Crippen LogP contribution >= 0.6 is 0 Å². The first-order valence-corrected chi connectivity index (χ1v) is 7.37. The van der Waals surface area contributed by atoms with Gasteiger partial charge in [0.25, 0.3) is 5.69 Å². The van der Waals surface area contributed by atoms with E-state index in [0.717, 1.165) is 32.2 Å². The molecule has 21 heavy (non-hydrogen) atoms. The van der Waals surface area contributed by atoms with Crippen LogP contribution in [-0.2, 0) is 0 Å². The van der Waals surface area contributed by atoms with E-state index in [4.69, 9.17) is 0 Å². The van der Waals surface area contributed by atoms with Gasteiger partial charge >= 0.3 is 0 Å². The molecule has 1 saturated carbocycles. The van der Waals surface area contributed by atoms with E-state index in [0.29, 0.717) is 12.1 Å². The molecule has 0 aromatic heterocycles. The van der Waals surface area contributed by atoms with Gasteiger partial charge in [-0.1, -0.05) is 12.1 Å². The number of benzene rings is 1. The number of nitro benzene ring substituents is 1. The Morgan fingerprint density at radius 3 is 2.57 bits per heavy atom. The van der Waals surface area contributed by atoms with Gasteiger partial charge in [-0.15, -0.1) is 0 Å². The molecule has 3 rings (SSSR count). The summed E-state index contributed by atoms with van der Waals surface area (Å²) < 4.78 is 0. The average molecular weight is 289 g/mol. The van der Waals surface area contributed by atoms with Crippen LogP contribution in [0.4, 0.5) is 5.69 Å². The Labute approximate surface area is 123 Å². The van der Waals surface area contributed by atoms with Crippen LogP contribution in [-0.4, -0.2) is 59.3 Å². The summed E-state index contributed by atoms with van der Waals surface area (Å²) in [7, 11) is 0. The van der Waals surface area contributed by atoms with Crippen LogP contribution in [0.1, 0.15) is 23.2 Å². The van der Waals surface area contributed by atoms with Crippen molar-refractivity contribution < 1.29 is 9.72 Å². The van der Waals surface area contributed by atoms with E-state index in [1.165, 1.54) is 25.0 Å². The second kappa shape index (κ2) is 5.91. The van der Waals surface area contributed by atoms with Crippen molar-refractivity contribution in [2.45, 2.75) is 18.9 Å². The SMILES string of the molecule is O=C(CN1CCN(C2CC2)CC1)c1cccc([N+](=O)[O-])c1. The molecule has 1 aliphatic carbocycles. The van der Waals surface area contributed by atoms with Crippen LogP contribution in [0.25, 0.3) is 0 Å². The number of nitrogens with zero attached hydrogens (tertiary/aromatic N) is 3. The van der Waals surface area contributed by atoms with Crippen LogP contribution < -0.4 is 0 Å². The molecule has 1 aliphatic heterocycles. The quantitative estimate of drug-likeness (QED) is 0.467. The summed E-state index contributed by atoms with van der Waals surface area (Å²) in [5, 5.41) is 10.7. The highest BCUT2D eigenvalue weighted by atomic mass is 16.6. The van der Waals surface area contributed by atoms with Crippen LogP contribution in [0.5, 0.6) is 0 Å². The van der Waals surface area contributed by atoms with Crippen LogP contribution in [0.2, 0.25) is 0 Å². The van der Waals surface area contributed by atoms with Gasteiger partial charge in [0.1, 0.15) is 0 Å². The van der Waals surface area contributed by atoms with Crippen molar-refractivity contribution in [2.75, 3.05) is 32.7 Å². The van der Waals surface area contributed by atoms with E-state index in [2.05, 4.69) is 9.80 Å². The number of non-ortho nitro benzene ring substituents is 1. The molecule has 0 unspecified atom stereocenters. The van der Waals surface area contributed by atoms with Crippen LogP contribution in [0.3, 0.4) is 0 Å². The maximum atomic E-state index is 12.2. The minimum Gasteiger partial charge on any atom is -0.298 e. The number of rotatable bonds is 5. The number of ketones is 1. The van der Waals surface area contributed by atoms with Gasteiger partial charge in [0, 0.05) is 49.9 Å². The molecule has 1 saturated heterocycles. The second-order valence-corrected chi connectivity index (χ2v) is 5.77. The second-order valence-electron chi connectivity index (χ2n) is 5.77. The lowest BCUT2D eigenvalue weighted by Crippen LogP contribution is -2.48. The number of carbonyl (C=O) groups is 1. The highest BCUT2D eigenvalue weighted by Gasteiger charge is 2.31. The summed E-state index contributed by atoms with van der Waals surface area (Å²) >= 11 is 0. The van der Waals surface area contributed by atoms with E-state index >= 15 is 0 Å². The number of Topliss-reactive ketones (excluding diaryl/α,β-unsaturated/α-hetero) is 1. The van der Waals surface area contributed by atoms with Crippen molar-refractivity contribution >= 4 is 11.5 Å². The van der Waals surface area contributed by atoms with Crippen molar-refractivity contribution in [2.24, 2.45) is 0 Å². The maximum absolute atomic E-state index is 12.2. The summed E-state index contributed by atoms with van der Waals surface area (Å²) in [6.07, 6.45) is 2.62. The predicted molar refractivity (Wildman–Crippen MR) is 78.5 cm³/mol. The molecule has 6 nitrogen and oxygen atoms in total. The summed E-state index contributed by atoms with van der Waals surface area (Å²) in [6, 6.07) is 6.76. The predicted octanol–water partition coefficient (Wildman–Crippen LogP) is 1.56. The first kappa shape index (κ1) is 14.2. The smallest absolute Gasteiger partial charge is 0.270 e. The summed E-state index contributed by atoms with van der Waals surface area (Å²) in [5.41, 5.74) is 0.397. The molecule has 6 heteroatoms. The zero-order valence-corrected chi connectivity index (χ0v) is 11.9. The normalized spacial score (nSPS) is 20.4. The molecule has 0 N–H and O–H groups in total. The van der Waals surface area contributed by atoms with E-state index < -0.39 is 4.92 Å². The lowest BCUT2D eigenvalue weighted by molar-refractivity contribution is -0.384. The van der Waals surface area contributed by atoms with Gasteiger partial charge in [-0.25, -0.2) is 0 Å². The Kier molecular flexibility index (Phi) is 3.98. The first-order valence-electron chi connectivity index (χ1n) is 7.37. The maximum Gasteiger partial charge on any atom is 0.270 e. The Hall–Kier alpha value is -1.79. The molecule has 2 aliphatic rings. The Bertz CT molecular complexity index is 549. The third kappa shape index (κ3) is 3.46. The van der Waals surface area contributed by atoms with E-state index in [1.807, 2.05) is 0 Å². The lowest BCUT2D eigenvalue weighted by Gasteiger charge is -2.34. The fourth-order valence-electron chi connectivity index (χ4n) is 2.81. The molecular formula is C15H19N3O3. The third-order valence-corrected chi connectivity index (χ3v) is 4.22. The highest BCUT2D eigenvalue weighted by molar-refractivity contribution is 5.98. The zero-order valence-electron chi connectivity index (χ0n) is 11.9. The lowest BCUT2D eigenvalue weighted by atomic mass is 10.1. The van der Waals surface area contributed by atoms with E-state index in [-0.39, 0.29) is 11.5 Å². The molecule has 1 heterocycles. The molecule has 0 amide bonds. The number of hydrogen-bond donors (Lipinski definition) is 0. The van der Waals surface area contributed by atoms with Gasteiger partial charge in [0.15, 0.2) is 5.78 Å². The zero-order chi connectivity index (χ0) is 14.8. The van der Waals surface area contributed by atoms with Crippen LogP contribution in [0.15, 0.2) is 24.3 Å². The van der Waals surface area contributed by atoms with E-state index in [9.17, 15) is 14.9 Å².